The maximum absolute atomic E-state index is 9.41. The van der Waals surface area contributed by atoms with E-state index < -0.39 is 0 Å². The monoisotopic (exact) mass is 410 g/mol. The summed E-state index contributed by atoms with van der Waals surface area (Å²) in [5.74, 6) is 0.702. The largest absolute Gasteiger partial charge is 0.307 e. The number of imidazole rings is 1. The van der Waals surface area contributed by atoms with Crippen molar-refractivity contribution in [3.63, 3.8) is 0 Å². The lowest BCUT2D eigenvalue weighted by atomic mass is 9.94. The lowest BCUT2D eigenvalue weighted by Crippen LogP contribution is -2.14. The van der Waals surface area contributed by atoms with E-state index in [0.717, 1.165) is 40.3 Å². The number of nitrogens with zero attached hydrogens (tertiary/aromatic N) is 6. The van der Waals surface area contributed by atoms with Gasteiger partial charge >= 0.3 is 0 Å². The molecule has 5 rings (SSSR count). The van der Waals surface area contributed by atoms with E-state index in [0.29, 0.717) is 17.0 Å². The van der Waals surface area contributed by atoms with Crippen molar-refractivity contribution in [2.75, 3.05) is 0 Å². The molecule has 4 aromatic rings. The van der Waals surface area contributed by atoms with Gasteiger partial charge in [0.2, 0.25) is 0 Å². The Morgan fingerprint density at radius 3 is 2.71 bits per heavy atom. The molecule has 4 heterocycles. The van der Waals surface area contributed by atoms with Crippen molar-refractivity contribution in [1.82, 2.24) is 24.1 Å². The summed E-state index contributed by atoms with van der Waals surface area (Å²) < 4.78 is 4.07. The van der Waals surface area contributed by atoms with Crippen LogP contribution in [0.15, 0.2) is 49.1 Å². The Hall–Kier alpha value is -3.46. The van der Waals surface area contributed by atoms with Gasteiger partial charge in [-0.05, 0) is 61.8 Å². The number of nitriles is 1. The highest BCUT2D eigenvalue weighted by molar-refractivity contribution is 5.81. The topological polar surface area (TPSA) is 71.8 Å². The summed E-state index contributed by atoms with van der Waals surface area (Å²) in [7, 11) is 0. The Morgan fingerprint density at radius 2 is 1.97 bits per heavy atom. The van der Waals surface area contributed by atoms with Crippen molar-refractivity contribution in [3.05, 3.63) is 60.4 Å². The van der Waals surface area contributed by atoms with Gasteiger partial charge in [-0.2, -0.15) is 10.4 Å². The molecule has 0 radical (unpaired) electrons. The summed E-state index contributed by atoms with van der Waals surface area (Å²) in [6, 6.07) is 9.96. The average molecular weight is 411 g/mol. The minimum atomic E-state index is 0.402. The summed E-state index contributed by atoms with van der Waals surface area (Å²) >= 11 is 0. The Labute approximate surface area is 182 Å². The van der Waals surface area contributed by atoms with Gasteiger partial charge in [-0.3, -0.25) is 4.68 Å². The van der Waals surface area contributed by atoms with E-state index in [1.165, 1.54) is 19.3 Å². The second kappa shape index (κ2) is 7.35. The zero-order valence-corrected chi connectivity index (χ0v) is 18.2. The minimum absolute atomic E-state index is 0.402. The van der Waals surface area contributed by atoms with Crippen LogP contribution in [0.4, 0.5) is 0 Å². The van der Waals surface area contributed by atoms with Gasteiger partial charge in [0.25, 0.3) is 0 Å². The van der Waals surface area contributed by atoms with Crippen molar-refractivity contribution in [2.24, 2.45) is 11.3 Å². The molecule has 1 saturated carbocycles. The predicted octanol–water partition coefficient (Wildman–Crippen LogP) is 5.27. The molecule has 1 aliphatic carbocycles. The van der Waals surface area contributed by atoms with Gasteiger partial charge in [0.05, 0.1) is 17.6 Å². The van der Waals surface area contributed by atoms with Crippen LogP contribution >= 0.6 is 0 Å². The molecule has 0 amide bonds. The lowest BCUT2D eigenvalue weighted by molar-refractivity contribution is 0.326. The van der Waals surface area contributed by atoms with Crippen molar-refractivity contribution in [2.45, 2.75) is 46.6 Å². The molecule has 31 heavy (non-hydrogen) atoms. The van der Waals surface area contributed by atoms with Crippen molar-refractivity contribution < 1.29 is 0 Å². The smallest absolute Gasteiger partial charge is 0.141 e. The SMILES string of the molecule is Cc1cn2ccc(-c3nc(C#N)ccc3-c3cnn(CC4(CC(C)C)CC4)c3)cc2n1. The number of pyridine rings is 2. The van der Waals surface area contributed by atoms with Gasteiger partial charge < -0.3 is 4.40 Å². The van der Waals surface area contributed by atoms with Crippen LogP contribution in [0, 0.1) is 29.6 Å². The number of aryl methyl sites for hydroxylation is 1. The van der Waals surface area contributed by atoms with Crippen molar-refractivity contribution in [3.8, 4) is 28.5 Å². The van der Waals surface area contributed by atoms with E-state index in [4.69, 9.17) is 0 Å². The highest BCUT2D eigenvalue weighted by Crippen LogP contribution is 2.52. The fraction of sp³-hybridized carbons (Fsp3) is 0.360. The number of fused-ring (bicyclic) bond motifs is 1. The standard InChI is InChI=1S/C25H26N6/c1-17(2)11-25(7-8-25)16-31-15-20(13-27-31)22-5-4-21(12-26)29-24(22)19-6-9-30-14-18(3)28-23(30)10-19/h4-6,9-10,13-15,17H,7-8,11,16H2,1-3H3. The van der Waals surface area contributed by atoms with Crippen LogP contribution in [0.1, 0.15) is 44.5 Å². The van der Waals surface area contributed by atoms with E-state index in [9.17, 15) is 5.26 Å². The van der Waals surface area contributed by atoms with Crippen LogP contribution in [-0.2, 0) is 6.54 Å². The fourth-order valence-electron chi connectivity index (χ4n) is 4.63. The van der Waals surface area contributed by atoms with Crippen LogP contribution in [0.25, 0.3) is 28.0 Å². The second-order valence-electron chi connectivity index (χ2n) is 9.29. The number of aromatic nitrogens is 5. The summed E-state index contributed by atoms with van der Waals surface area (Å²) in [6.45, 7) is 7.53. The van der Waals surface area contributed by atoms with E-state index in [2.05, 4.69) is 45.9 Å². The molecule has 0 spiro atoms. The third-order valence-corrected chi connectivity index (χ3v) is 6.10. The summed E-state index contributed by atoms with van der Waals surface area (Å²) in [5.41, 5.74) is 6.37. The third-order valence-electron chi connectivity index (χ3n) is 6.10. The predicted molar refractivity (Wildman–Crippen MR) is 120 cm³/mol. The molecule has 0 unspecified atom stereocenters. The molecule has 6 heteroatoms. The quantitative estimate of drug-likeness (QED) is 0.434. The van der Waals surface area contributed by atoms with Crippen LogP contribution in [0.3, 0.4) is 0 Å². The first kappa shape index (κ1) is 19.5. The first-order valence-electron chi connectivity index (χ1n) is 10.8. The third kappa shape index (κ3) is 3.84. The highest BCUT2D eigenvalue weighted by atomic mass is 15.3. The van der Waals surface area contributed by atoms with Gasteiger partial charge in [-0.1, -0.05) is 13.8 Å². The molecule has 1 aliphatic rings. The maximum Gasteiger partial charge on any atom is 0.141 e. The van der Waals surface area contributed by atoms with Crippen molar-refractivity contribution >= 4 is 5.65 Å². The van der Waals surface area contributed by atoms with E-state index in [-0.39, 0.29) is 0 Å². The maximum atomic E-state index is 9.41. The molecule has 0 aromatic carbocycles. The van der Waals surface area contributed by atoms with Crippen LogP contribution in [0.2, 0.25) is 0 Å². The van der Waals surface area contributed by atoms with Crippen LogP contribution < -0.4 is 0 Å². The summed E-state index contributed by atoms with van der Waals surface area (Å²) in [4.78, 5) is 9.22. The molecule has 0 aliphatic heterocycles. The second-order valence-corrected chi connectivity index (χ2v) is 9.29. The van der Waals surface area contributed by atoms with Gasteiger partial charge in [-0.15, -0.1) is 0 Å². The summed E-state index contributed by atoms with van der Waals surface area (Å²) in [5, 5.41) is 14.1. The summed E-state index contributed by atoms with van der Waals surface area (Å²) in [6.07, 6.45) is 11.8. The van der Waals surface area contributed by atoms with E-state index in [1.807, 2.05) is 48.1 Å². The number of rotatable bonds is 6. The van der Waals surface area contributed by atoms with Gasteiger partial charge in [0.1, 0.15) is 17.4 Å². The molecule has 1 fully saturated rings. The Kier molecular flexibility index (Phi) is 4.62. The zero-order chi connectivity index (χ0) is 21.6. The molecular weight excluding hydrogens is 384 g/mol. The lowest BCUT2D eigenvalue weighted by Gasteiger charge is -2.17. The molecule has 0 saturated heterocycles. The molecule has 0 N–H and O–H groups in total. The normalized spacial score (nSPS) is 14.8. The molecule has 6 nitrogen and oxygen atoms in total. The number of hydrogen-bond acceptors (Lipinski definition) is 4. The Morgan fingerprint density at radius 1 is 1.13 bits per heavy atom. The first-order valence-corrected chi connectivity index (χ1v) is 10.8. The van der Waals surface area contributed by atoms with Crippen molar-refractivity contribution in [1.29, 1.82) is 5.26 Å². The van der Waals surface area contributed by atoms with E-state index in [1.54, 1.807) is 6.07 Å². The zero-order valence-electron chi connectivity index (χ0n) is 18.2. The molecule has 4 aromatic heterocycles. The Balaban J connectivity index is 1.52. The minimum Gasteiger partial charge on any atom is -0.307 e. The van der Waals surface area contributed by atoms with Crippen LogP contribution in [0.5, 0.6) is 0 Å². The average Bonchev–Trinajstić information content (AvgIpc) is 3.15. The van der Waals surface area contributed by atoms with Gasteiger partial charge in [-0.25, -0.2) is 9.97 Å². The molecular formula is C25H26N6. The molecule has 0 atom stereocenters. The van der Waals surface area contributed by atoms with E-state index >= 15 is 0 Å². The number of hydrogen-bond donors (Lipinski definition) is 0. The molecule has 156 valence electrons. The first-order chi connectivity index (χ1) is 14.9. The van der Waals surface area contributed by atoms with Gasteiger partial charge in [0.15, 0.2) is 0 Å². The fourth-order valence-corrected chi connectivity index (χ4v) is 4.63. The highest BCUT2D eigenvalue weighted by Gasteiger charge is 2.43. The van der Waals surface area contributed by atoms with Crippen LogP contribution in [-0.4, -0.2) is 24.1 Å². The Bertz CT molecular complexity index is 1300. The van der Waals surface area contributed by atoms with Gasteiger partial charge in [0, 0.05) is 41.8 Å². The molecule has 0 bridgehead atoms.